The summed E-state index contributed by atoms with van der Waals surface area (Å²) in [6.07, 6.45) is 0.0514. The molecule has 4 N–H and O–H groups in total. The van der Waals surface area contributed by atoms with Crippen molar-refractivity contribution in [2.45, 2.75) is 25.8 Å². The van der Waals surface area contributed by atoms with Crippen LogP contribution in [-0.2, 0) is 11.2 Å². The molecular formula is C24H24N4O5S. The number of hydrogen-bond donors (Lipinski definition) is 3. The Balaban J connectivity index is 1.63. The van der Waals surface area contributed by atoms with Crippen LogP contribution < -0.4 is 11.1 Å². The molecule has 0 bridgehead atoms. The quantitative estimate of drug-likeness (QED) is 0.356. The van der Waals surface area contributed by atoms with Crippen LogP contribution in [0.15, 0.2) is 48.5 Å². The van der Waals surface area contributed by atoms with Crippen LogP contribution in [0.3, 0.4) is 0 Å². The van der Waals surface area contributed by atoms with Crippen molar-refractivity contribution in [2.24, 2.45) is 0 Å². The average Bonchev–Trinajstić information content (AvgIpc) is 3.28. The van der Waals surface area contributed by atoms with Crippen LogP contribution in [-0.4, -0.2) is 46.1 Å². The third-order valence-corrected chi connectivity index (χ3v) is 6.57. The van der Waals surface area contributed by atoms with Crippen molar-refractivity contribution >= 4 is 40.7 Å². The SMILES string of the molecule is CCCOC(=O)c1ccc(C2c3sc(C(=O)Nc4ccccc4N)nc3CCN2C(=O)O)cc1. The van der Waals surface area contributed by atoms with Gasteiger partial charge >= 0.3 is 12.1 Å². The van der Waals surface area contributed by atoms with E-state index in [4.69, 9.17) is 10.5 Å². The molecule has 1 unspecified atom stereocenters. The third-order valence-electron chi connectivity index (χ3n) is 5.43. The second kappa shape index (κ2) is 9.92. The van der Waals surface area contributed by atoms with E-state index in [1.807, 2.05) is 6.92 Å². The van der Waals surface area contributed by atoms with E-state index in [0.29, 0.717) is 46.1 Å². The number of nitrogen functional groups attached to an aromatic ring is 1. The number of rotatable bonds is 6. The number of thiazole rings is 1. The van der Waals surface area contributed by atoms with Crippen LogP contribution in [0.2, 0.25) is 0 Å². The van der Waals surface area contributed by atoms with Crippen molar-refractivity contribution in [1.29, 1.82) is 0 Å². The maximum Gasteiger partial charge on any atom is 0.408 e. The Morgan fingerprint density at radius 3 is 2.62 bits per heavy atom. The molecule has 2 aromatic carbocycles. The van der Waals surface area contributed by atoms with E-state index in [2.05, 4.69) is 10.3 Å². The van der Waals surface area contributed by atoms with Gasteiger partial charge in [0, 0.05) is 13.0 Å². The molecule has 1 aliphatic rings. The van der Waals surface area contributed by atoms with Crippen molar-refractivity contribution in [1.82, 2.24) is 9.88 Å². The summed E-state index contributed by atoms with van der Waals surface area (Å²) in [7, 11) is 0. The van der Waals surface area contributed by atoms with E-state index >= 15 is 0 Å². The zero-order valence-electron chi connectivity index (χ0n) is 18.5. The molecule has 0 spiro atoms. The number of aromatic nitrogens is 1. The summed E-state index contributed by atoms with van der Waals surface area (Å²) < 4.78 is 5.16. The lowest BCUT2D eigenvalue weighted by atomic mass is 9.97. The van der Waals surface area contributed by atoms with Gasteiger partial charge in [0.1, 0.15) is 0 Å². The molecule has 1 aromatic heterocycles. The van der Waals surface area contributed by atoms with Crippen LogP contribution in [0.1, 0.15) is 55.7 Å². The number of ether oxygens (including phenoxy) is 1. The first-order valence-corrected chi connectivity index (χ1v) is 11.6. The van der Waals surface area contributed by atoms with E-state index in [-0.39, 0.29) is 11.6 Å². The van der Waals surface area contributed by atoms with Crippen LogP contribution in [0.4, 0.5) is 16.2 Å². The monoisotopic (exact) mass is 480 g/mol. The highest BCUT2D eigenvalue weighted by Gasteiger charge is 2.35. The lowest BCUT2D eigenvalue weighted by Gasteiger charge is -2.33. The number of carbonyl (C=O) groups excluding carboxylic acids is 2. The van der Waals surface area contributed by atoms with Gasteiger partial charge in [-0.1, -0.05) is 31.2 Å². The number of esters is 1. The largest absolute Gasteiger partial charge is 0.465 e. The molecule has 9 nitrogen and oxygen atoms in total. The van der Waals surface area contributed by atoms with Crippen molar-refractivity contribution in [3.63, 3.8) is 0 Å². The molecule has 0 fully saturated rings. The van der Waals surface area contributed by atoms with Gasteiger partial charge in [0.25, 0.3) is 5.91 Å². The van der Waals surface area contributed by atoms with Crippen molar-refractivity contribution < 1.29 is 24.2 Å². The third kappa shape index (κ3) is 4.72. The first kappa shape index (κ1) is 23.2. The molecule has 0 radical (unpaired) electrons. The summed E-state index contributed by atoms with van der Waals surface area (Å²) in [6, 6.07) is 12.9. The summed E-state index contributed by atoms with van der Waals surface area (Å²) in [5.74, 6) is -0.836. The van der Waals surface area contributed by atoms with Crippen LogP contribution in [0.5, 0.6) is 0 Å². The number of nitrogens with zero attached hydrogens (tertiary/aromatic N) is 2. The van der Waals surface area contributed by atoms with Gasteiger partial charge in [-0.25, -0.2) is 14.6 Å². The van der Waals surface area contributed by atoms with Gasteiger partial charge in [-0.2, -0.15) is 0 Å². The van der Waals surface area contributed by atoms with Crippen molar-refractivity contribution in [3.05, 3.63) is 75.2 Å². The highest BCUT2D eigenvalue weighted by molar-refractivity contribution is 7.14. The Labute approximate surface area is 200 Å². The molecule has 0 saturated carbocycles. The Bertz CT molecular complexity index is 1220. The van der Waals surface area contributed by atoms with Crippen LogP contribution in [0, 0.1) is 0 Å². The standard InChI is InChI=1S/C24H24N4O5S/c1-2-13-33-23(30)15-9-7-14(8-10-15)19-20-18(11-12-28(19)24(31)32)27-22(34-20)21(29)26-17-6-4-3-5-16(17)25/h3-10,19H,2,11-13,25H2,1H3,(H,26,29)(H,31,32). The van der Waals surface area contributed by atoms with Gasteiger partial charge in [-0.05, 0) is 36.2 Å². The topological polar surface area (TPSA) is 135 Å². The predicted octanol–water partition coefficient (Wildman–Crippen LogP) is 4.17. The minimum absolute atomic E-state index is 0.227. The second-order valence-corrected chi connectivity index (χ2v) is 8.79. The fourth-order valence-corrected chi connectivity index (χ4v) is 4.90. The highest BCUT2D eigenvalue weighted by Crippen LogP contribution is 2.39. The van der Waals surface area contributed by atoms with Gasteiger partial charge in [-0.3, -0.25) is 9.69 Å². The highest BCUT2D eigenvalue weighted by atomic mass is 32.1. The Hall–Kier alpha value is -3.92. The molecule has 1 aliphatic heterocycles. The van der Waals surface area contributed by atoms with Gasteiger partial charge < -0.3 is 20.9 Å². The minimum atomic E-state index is -1.07. The Kier molecular flexibility index (Phi) is 6.78. The molecule has 2 heterocycles. The van der Waals surface area contributed by atoms with Gasteiger partial charge in [-0.15, -0.1) is 11.3 Å². The van der Waals surface area contributed by atoms with Gasteiger partial charge in [0.05, 0.1) is 40.2 Å². The van der Waals surface area contributed by atoms with Crippen LogP contribution >= 0.6 is 11.3 Å². The summed E-state index contributed by atoms with van der Waals surface area (Å²) in [5, 5.41) is 12.8. The van der Waals surface area contributed by atoms with E-state index in [1.54, 1.807) is 48.5 Å². The number of nitrogens with one attached hydrogen (secondary N) is 1. The van der Waals surface area contributed by atoms with Crippen molar-refractivity contribution in [2.75, 3.05) is 24.2 Å². The summed E-state index contributed by atoms with van der Waals surface area (Å²) >= 11 is 1.15. The zero-order chi connectivity index (χ0) is 24.2. The molecule has 4 rings (SSSR count). The summed E-state index contributed by atoms with van der Waals surface area (Å²) in [6.45, 7) is 2.49. The lowest BCUT2D eigenvalue weighted by Crippen LogP contribution is -2.39. The predicted molar refractivity (Wildman–Crippen MR) is 128 cm³/mol. The molecule has 0 aliphatic carbocycles. The fraction of sp³-hybridized carbons (Fsp3) is 0.250. The average molecular weight is 481 g/mol. The summed E-state index contributed by atoms with van der Waals surface area (Å²) in [4.78, 5) is 43.5. The smallest absolute Gasteiger partial charge is 0.408 e. The maximum atomic E-state index is 12.8. The molecular weight excluding hydrogens is 456 g/mol. The molecule has 3 aromatic rings. The number of amides is 2. The number of anilines is 2. The van der Waals surface area contributed by atoms with Crippen molar-refractivity contribution in [3.8, 4) is 0 Å². The fourth-order valence-electron chi connectivity index (χ4n) is 3.75. The number of para-hydroxylation sites is 2. The van der Waals surface area contributed by atoms with Gasteiger partial charge in [0.15, 0.2) is 5.01 Å². The molecule has 10 heteroatoms. The van der Waals surface area contributed by atoms with E-state index in [9.17, 15) is 19.5 Å². The number of benzene rings is 2. The number of hydrogen-bond acceptors (Lipinski definition) is 7. The first-order valence-electron chi connectivity index (χ1n) is 10.8. The molecule has 2 amide bonds. The minimum Gasteiger partial charge on any atom is -0.465 e. The maximum absolute atomic E-state index is 12.8. The Morgan fingerprint density at radius 1 is 1.21 bits per heavy atom. The Morgan fingerprint density at radius 2 is 1.94 bits per heavy atom. The zero-order valence-corrected chi connectivity index (χ0v) is 19.3. The number of fused-ring (bicyclic) bond motifs is 1. The number of carbonyl (C=O) groups is 3. The van der Waals surface area contributed by atoms with E-state index in [0.717, 1.165) is 17.8 Å². The molecule has 176 valence electrons. The van der Waals surface area contributed by atoms with Crippen LogP contribution in [0.25, 0.3) is 0 Å². The summed E-state index contributed by atoms with van der Waals surface area (Å²) in [5.41, 5.74) is 8.59. The molecule has 1 atom stereocenters. The second-order valence-electron chi connectivity index (χ2n) is 7.76. The number of nitrogens with two attached hydrogens (primary N) is 1. The number of carboxylic acid groups (broad SMARTS) is 1. The van der Waals surface area contributed by atoms with Gasteiger partial charge in [0.2, 0.25) is 0 Å². The van der Waals surface area contributed by atoms with E-state index < -0.39 is 24.0 Å². The van der Waals surface area contributed by atoms with E-state index in [1.165, 1.54) is 4.90 Å². The molecule has 0 saturated heterocycles. The lowest BCUT2D eigenvalue weighted by molar-refractivity contribution is 0.0504. The first-order chi connectivity index (χ1) is 16.4. The molecule has 34 heavy (non-hydrogen) atoms. The normalized spacial score (nSPS) is 14.9.